The van der Waals surface area contributed by atoms with E-state index in [-0.39, 0.29) is 0 Å². The van der Waals surface area contributed by atoms with E-state index in [9.17, 15) is 4.79 Å². The fourth-order valence-electron chi connectivity index (χ4n) is 1.79. The number of carbonyl (C=O) groups excluding carboxylic acids is 1. The minimum Gasteiger partial charge on any atom is -0.462 e. The topological polar surface area (TPSA) is 65.2 Å². The number of nitrogens with two attached hydrogens (primary N) is 1. The third-order valence-electron chi connectivity index (χ3n) is 3.06. The summed E-state index contributed by atoms with van der Waals surface area (Å²) in [4.78, 5) is 17.3. The molecule has 0 unspecified atom stereocenters. The second-order valence-corrected chi connectivity index (χ2v) is 5.75. The van der Waals surface area contributed by atoms with E-state index in [1.165, 1.54) is 22.9 Å². The maximum absolute atomic E-state index is 12.0. The fourth-order valence-corrected chi connectivity index (χ4v) is 2.75. The number of benzene rings is 1. The Bertz CT molecular complexity index is 671. The van der Waals surface area contributed by atoms with Crippen molar-refractivity contribution in [3.63, 3.8) is 0 Å². The van der Waals surface area contributed by atoms with Crippen LogP contribution >= 0.6 is 11.8 Å². The summed E-state index contributed by atoms with van der Waals surface area (Å²) in [6.07, 6.45) is 1.55. The highest BCUT2D eigenvalue weighted by Gasteiger charge is 2.15. The summed E-state index contributed by atoms with van der Waals surface area (Å²) in [6.45, 7) is 6.21. The van der Waals surface area contributed by atoms with E-state index in [1.54, 1.807) is 19.2 Å². The lowest BCUT2D eigenvalue weighted by molar-refractivity contribution is 0.0521. The molecule has 0 aliphatic rings. The number of rotatable bonds is 4. The van der Waals surface area contributed by atoms with Crippen LogP contribution in [0.4, 0.5) is 5.69 Å². The first-order chi connectivity index (χ1) is 10.0. The van der Waals surface area contributed by atoms with Gasteiger partial charge in [-0.1, -0.05) is 17.8 Å². The van der Waals surface area contributed by atoms with Crippen molar-refractivity contribution in [2.45, 2.75) is 30.7 Å². The zero-order valence-electron chi connectivity index (χ0n) is 12.3. The van der Waals surface area contributed by atoms with E-state index in [0.717, 1.165) is 4.90 Å². The average molecular weight is 302 g/mol. The van der Waals surface area contributed by atoms with Gasteiger partial charge >= 0.3 is 5.97 Å². The number of nitrogens with zero attached hydrogens (tertiary/aromatic N) is 1. The molecule has 2 rings (SSSR count). The first-order valence-electron chi connectivity index (χ1n) is 6.69. The van der Waals surface area contributed by atoms with Crippen molar-refractivity contribution >= 4 is 23.4 Å². The highest BCUT2D eigenvalue weighted by Crippen LogP contribution is 2.31. The number of ether oxygens (including phenoxy) is 1. The standard InChI is InChI=1S/C16H18N2O2S/c1-4-20-16(19)14-8-12(17)9-18-15(14)21-13-6-5-10(2)11(3)7-13/h5-9H,4,17H2,1-3H3. The summed E-state index contributed by atoms with van der Waals surface area (Å²) >= 11 is 1.43. The number of anilines is 1. The Balaban J connectivity index is 2.34. The number of esters is 1. The second-order valence-electron chi connectivity index (χ2n) is 4.69. The lowest BCUT2D eigenvalue weighted by Gasteiger charge is -2.09. The smallest absolute Gasteiger partial charge is 0.340 e. The molecule has 21 heavy (non-hydrogen) atoms. The minimum atomic E-state index is -0.399. The Labute approximate surface area is 128 Å². The Morgan fingerprint density at radius 2 is 2.05 bits per heavy atom. The molecule has 0 fully saturated rings. The molecule has 0 amide bonds. The summed E-state index contributed by atoms with van der Waals surface area (Å²) in [5.41, 5.74) is 9.00. The van der Waals surface area contributed by atoms with Gasteiger partial charge in [-0.05, 0) is 50.1 Å². The third-order valence-corrected chi connectivity index (χ3v) is 4.07. The van der Waals surface area contributed by atoms with Crippen molar-refractivity contribution in [1.29, 1.82) is 0 Å². The van der Waals surface area contributed by atoms with E-state index in [0.29, 0.717) is 22.9 Å². The molecule has 0 spiro atoms. The zero-order chi connectivity index (χ0) is 15.4. The highest BCUT2D eigenvalue weighted by atomic mass is 32.2. The van der Waals surface area contributed by atoms with Gasteiger partial charge in [0.05, 0.1) is 24.1 Å². The van der Waals surface area contributed by atoms with Crippen LogP contribution in [0.1, 0.15) is 28.4 Å². The van der Waals surface area contributed by atoms with Gasteiger partial charge < -0.3 is 10.5 Å². The molecule has 4 nitrogen and oxygen atoms in total. The largest absolute Gasteiger partial charge is 0.462 e. The van der Waals surface area contributed by atoms with Crippen LogP contribution < -0.4 is 5.73 Å². The van der Waals surface area contributed by atoms with Crippen LogP contribution in [0.25, 0.3) is 0 Å². The van der Waals surface area contributed by atoms with Crippen LogP contribution in [0.3, 0.4) is 0 Å². The molecule has 0 aliphatic heterocycles. The molecule has 2 N–H and O–H groups in total. The maximum atomic E-state index is 12.0. The van der Waals surface area contributed by atoms with Gasteiger partial charge in [-0.3, -0.25) is 0 Å². The number of pyridine rings is 1. The van der Waals surface area contributed by atoms with Gasteiger partial charge in [0.1, 0.15) is 5.03 Å². The number of aromatic nitrogens is 1. The molecule has 2 aromatic rings. The molecule has 1 heterocycles. The SMILES string of the molecule is CCOC(=O)c1cc(N)cnc1Sc1ccc(C)c(C)c1. The average Bonchev–Trinajstić information content (AvgIpc) is 2.45. The van der Waals surface area contributed by atoms with E-state index in [1.807, 2.05) is 6.07 Å². The normalized spacial score (nSPS) is 10.4. The van der Waals surface area contributed by atoms with Gasteiger partial charge in [0.15, 0.2) is 0 Å². The fraction of sp³-hybridized carbons (Fsp3) is 0.250. The molecule has 110 valence electrons. The predicted molar refractivity (Wildman–Crippen MR) is 84.6 cm³/mol. The quantitative estimate of drug-likeness (QED) is 0.874. The highest BCUT2D eigenvalue weighted by molar-refractivity contribution is 7.99. The monoisotopic (exact) mass is 302 g/mol. The van der Waals surface area contributed by atoms with Crippen molar-refractivity contribution in [1.82, 2.24) is 4.98 Å². The van der Waals surface area contributed by atoms with Gasteiger partial charge in [0.2, 0.25) is 0 Å². The molecule has 0 saturated heterocycles. The summed E-state index contributed by atoms with van der Waals surface area (Å²) < 4.78 is 5.06. The third kappa shape index (κ3) is 3.76. The lowest BCUT2D eigenvalue weighted by atomic mass is 10.1. The Kier molecular flexibility index (Phi) is 4.85. The predicted octanol–water partition coefficient (Wildman–Crippen LogP) is 3.61. The summed E-state index contributed by atoms with van der Waals surface area (Å²) in [5.74, 6) is -0.399. The van der Waals surface area contributed by atoms with Crippen molar-refractivity contribution in [3.8, 4) is 0 Å². The second kappa shape index (κ2) is 6.63. The number of nitrogen functional groups attached to an aromatic ring is 1. The van der Waals surface area contributed by atoms with Crippen LogP contribution in [0.2, 0.25) is 0 Å². The first kappa shape index (κ1) is 15.4. The van der Waals surface area contributed by atoms with E-state index >= 15 is 0 Å². The molecule has 1 aromatic heterocycles. The van der Waals surface area contributed by atoms with Crippen LogP contribution in [0.15, 0.2) is 40.4 Å². The number of carbonyl (C=O) groups is 1. The van der Waals surface area contributed by atoms with E-state index in [4.69, 9.17) is 10.5 Å². The van der Waals surface area contributed by atoms with Crippen molar-refractivity contribution in [2.75, 3.05) is 12.3 Å². The van der Waals surface area contributed by atoms with Crippen LogP contribution in [-0.4, -0.2) is 17.6 Å². The Morgan fingerprint density at radius 1 is 1.29 bits per heavy atom. The van der Waals surface area contributed by atoms with Gasteiger partial charge in [-0.2, -0.15) is 0 Å². The maximum Gasteiger partial charge on any atom is 0.340 e. The Hall–Kier alpha value is -2.01. The molecular weight excluding hydrogens is 284 g/mol. The van der Waals surface area contributed by atoms with Crippen molar-refractivity contribution < 1.29 is 9.53 Å². The first-order valence-corrected chi connectivity index (χ1v) is 7.50. The van der Waals surface area contributed by atoms with Crippen molar-refractivity contribution in [3.05, 3.63) is 47.2 Å². The van der Waals surface area contributed by atoms with Crippen LogP contribution in [-0.2, 0) is 4.74 Å². The van der Waals surface area contributed by atoms with Crippen molar-refractivity contribution in [2.24, 2.45) is 0 Å². The number of hydrogen-bond acceptors (Lipinski definition) is 5. The van der Waals surface area contributed by atoms with Crippen LogP contribution in [0.5, 0.6) is 0 Å². The minimum absolute atomic E-state index is 0.321. The molecule has 0 atom stereocenters. The molecule has 0 aliphatic carbocycles. The molecule has 5 heteroatoms. The molecular formula is C16H18N2O2S. The van der Waals surface area contributed by atoms with Gasteiger partial charge in [-0.15, -0.1) is 0 Å². The van der Waals surface area contributed by atoms with Crippen LogP contribution in [0, 0.1) is 13.8 Å². The molecule has 1 aromatic carbocycles. The van der Waals surface area contributed by atoms with Gasteiger partial charge in [0, 0.05) is 4.90 Å². The zero-order valence-corrected chi connectivity index (χ0v) is 13.2. The molecule has 0 radical (unpaired) electrons. The van der Waals surface area contributed by atoms with E-state index in [2.05, 4.69) is 31.0 Å². The lowest BCUT2D eigenvalue weighted by Crippen LogP contribution is -2.08. The Morgan fingerprint density at radius 3 is 2.71 bits per heavy atom. The van der Waals surface area contributed by atoms with Gasteiger partial charge in [0.25, 0.3) is 0 Å². The molecule has 0 bridgehead atoms. The summed E-state index contributed by atoms with van der Waals surface area (Å²) in [5, 5.41) is 0.603. The summed E-state index contributed by atoms with van der Waals surface area (Å²) in [7, 11) is 0. The van der Waals surface area contributed by atoms with E-state index < -0.39 is 5.97 Å². The number of hydrogen-bond donors (Lipinski definition) is 1. The van der Waals surface area contributed by atoms with Gasteiger partial charge in [-0.25, -0.2) is 9.78 Å². The summed E-state index contributed by atoms with van der Waals surface area (Å²) in [6, 6.07) is 7.75. The molecule has 0 saturated carbocycles. The number of aryl methyl sites for hydroxylation is 2.